The van der Waals surface area contributed by atoms with Crippen molar-refractivity contribution in [3.8, 4) is 0 Å². The van der Waals surface area contributed by atoms with Crippen LogP contribution in [0.3, 0.4) is 0 Å². The van der Waals surface area contributed by atoms with E-state index < -0.39 is 0 Å². The van der Waals surface area contributed by atoms with E-state index in [1.807, 2.05) is 0 Å². The lowest BCUT2D eigenvalue weighted by Crippen LogP contribution is -1.92. The second-order valence-electron chi connectivity index (χ2n) is 3.57. The molecule has 0 bridgehead atoms. The lowest BCUT2D eigenvalue weighted by molar-refractivity contribution is 0.474. The summed E-state index contributed by atoms with van der Waals surface area (Å²) in [5.41, 5.74) is 0. The molecule has 1 aliphatic carbocycles. The summed E-state index contributed by atoms with van der Waals surface area (Å²) in [5, 5.41) is 0. The third-order valence-corrected chi connectivity index (χ3v) is 2.50. The Morgan fingerprint density at radius 1 is 1.33 bits per heavy atom. The Labute approximate surface area is 58.7 Å². The van der Waals surface area contributed by atoms with Crippen molar-refractivity contribution >= 4 is 0 Å². The van der Waals surface area contributed by atoms with Gasteiger partial charge in [-0.3, -0.25) is 0 Å². The molecule has 0 heterocycles. The Morgan fingerprint density at radius 3 is 2.56 bits per heavy atom. The fourth-order valence-corrected chi connectivity index (χ4v) is 2.00. The minimum absolute atomic E-state index is 1.03. The molecule has 0 spiro atoms. The molecule has 0 unspecified atom stereocenters. The molecule has 1 rings (SSSR count). The van der Waals surface area contributed by atoms with Gasteiger partial charge in [-0.15, -0.1) is 0 Å². The zero-order valence-corrected chi connectivity index (χ0v) is 6.69. The maximum absolute atomic E-state index is 2.38. The number of hydrogen-bond donors (Lipinski definition) is 0. The minimum Gasteiger partial charge on any atom is -0.0654 e. The average Bonchev–Trinajstić information content (AvgIpc) is 2.17. The lowest BCUT2D eigenvalue weighted by atomic mass is 10.0. The van der Waals surface area contributed by atoms with E-state index >= 15 is 0 Å². The van der Waals surface area contributed by atoms with Gasteiger partial charge in [0.05, 0.1) is 0 Å². The highest BCUT2D eigenvalue weighted by atomic mass is 14.2. The highest BCUT2D eigenvalue weighted by Crippen LogP contribution is 2.32. The summed E-state index contributed by atoms with van der Waals surface area (Å²) in [7, 11) is 0. The molecule has 0 heteroatoms. The molecule has 0 aliphatic heterocycles. The van der Waals surface area contributed by atoms with Gasteiger partial charge in [0.15, 0.2) is 0 Å². The van der Waals surface area contributed by atoms with Crippen molar-refractivity contribution in [3.63, 3.8) is 0 Å². The molecular formula is C9H18. The molecule has 0 aromatic rings. The molecule has 54 valence electrons. The molecule has 0 N–H and O–H groups in total. The first kappa shape index (κ1) is 7.11. The van der Waals surface area contributed by atoms with Crippen LogP contribution < -0.4 is 0 Å². The second-order valence-corrected chi connectivity index (χ2v) is 3.57. The van der Waals surface area contributed by atoms with Crippen LogP contribution in [0.25, 0.3) is 0 Å². The summed E-state index contributed by atoms with van der Waals surface area (Å²) in [6, 6.07) is 0. The van der Waals surface area contributed by atoms with Gasteiger partial charge in [0.2, 0.25) is 0 Å². The Bertz CT molecular complexity index is 74.1. The molecule has 0 radical (unpaired) electrons. The number of hydrogen-bond acceptors (Lipinski definition) is 0. The predicted octanol–water partition coefficient (Wildman–Crippen LogP) is 3.22. The maximum atomic E-state index is 2.38. The summed E-state index contributed by atoms with van der Waals surface area (Å²) in [5.74, 6) is 2.12. The lowest BCUT2D eigenvalue weighted by Gasteiger charge is -2.05. The van der Waals surface area contributed by atoms with Gasteiger partial charge in [-0.25, -0.2) is 0 Å². The average molecular weight is 126 g/mol. The third kappa shape index (κ3) is 2.00. The van der Waals surface area contributed by atoms with E-state index in [0.717, 1.165) is 11.8 Å². The Hall–Kier alpha value is 0. The summed E-state index contributed by atoms with van der Waals surface area (Å²) in [6.07, 6.45) is 7.37. The standard InChI is InChI=1S/C9H18/c1-3-4-9-6-5-8(2)7-9/h8-9H,3-7H2,1-2H3/t8-,9-/m0/s1. The molecule has 1 saturated carbocycles. The van der Waals surface area contributed by atoms with Crippen LogP contribution in [0.4, 0.5) is 0 Å². The highest BCUT2D eigenvalue weighted by molar-refractivity contribution is 4.71. The van der Waals surface area contributed by atoms with Crippen LogP contribution in [0.2, 0.25) is 0 Å². The van der Waals surface area contributed by atoms with Crippen LogP contribution in [-0.4, -0.2) is 0 Å². The first-order valence-corrected chi connectivity index (χ1v) is 4.33. The monoisotopic (exact) mass is 126 g/mol. The molecule has 0 amide bonds. The van der Waals surface area contributed by atoms with Crippen LogP contribution in [-0.2, 0) is 0 Å². The van der Waals surface area contributed by atoms with E-state index in [4.69, 9.17) is 0 Å². The van der Waals surface area contributed by atoms with Crippen LogP contribution >= 0.6 is 0 Å². The minimum atomic E-state index is 1.03. The predicted molar refractivity (Wildman–Crippen MR) is 41.4 cm³/mol. The molecule has 9 heavy (non-hydrogen) atoms. The first-order chi connectivity index (χ1) is 4.33. The van der Waals surface area contributed by atoms with E-state index in [1.165, 1.54) is 32.1 Å². The normalized spacial score (nSPS) is 35.3. The fourth-order valence-electron chi connectivity index (χ4n) is 2.00. The van der Waals surface area contributed by atoms with Crippen LogP contribution in [0, 0.1) is 11.8 Å². The van der Waals surface area contributed by atoms with Gasteiger partial charge in [0.1, 0.15) is 0 Å². The van der Waals surface area contributed by atoms with Crippen molar-refractivity contribution < 1.29 is 0 Å². The van der Waals surface area contributed by atoms with Gasteiger partial charge in [-0.05, 0) is 18.3 Å². The van der Waals surface area contributed by atoms with E-state index in [2.05, 4.69) is 13.8 Å². The molecule has 0 saturated heterocycles. The third-order valence-electron chi connectivity index (χ3n) is 2.50. The first-order valence-electron chi connectivity index (χ1n) is 4.33. The Balaban J connectivity index is 2.14. The molecular weight excluding hydrogens is 108 g/mol. The summed E-state index contributed by atoms with van der Waals surface area (Å²) < 4.78 is 0. The molecule has 2 atom stereocenters. The van der Waals surface area contributed by atoms with Crippen molar-refractivity contribution in [2.45, 2.75) is 46.0 Å². The summed E-state index contributed by atoms with van der Waals surface area (Å²) in [4.78, 5) is 0. The van der Waals surface area contributed by atoms with Gasteiger partial charge in [-0.1, -0.05) is 39.5 Å². The fraction of sp³-hybridized carbons (Fsp3) is 1.00. The van der Waals surface area contributed by atoms with Crippen LogP contribution in [0.1, 0.15) is 46.0 Å². The van der Waals surface area contributed by atoms with Gasteiger partial charge in [-0.2, -0.15) is 0 Å². The van der Waals surface area contributed by atoms with Crippen molar-refractivity contribution in [2.24, 2.45) is 11.8 Å². The molecule has 0 nitrogen and oxygen atoms in total. The Kier molecular flexibility index (Phi) is 2.56. The van der Waals surface area contributed by atoms with Crippen molar-refractivity contribution in [2.75, 3.05) is 0 Å². The Morgan fingerprint density at radius 2 is 2.11 bits per heavy atom. The smallest absolute Gasteiger partial charge is 0.0412 e. The molecule has 1 fully saturated rings. The topological polar surface area (TPSA) is 0 Å². The zero-order valence-electron chi connectivity index (χ0n) is 6.69. The molecule has 1 aliphatic rings. The summed E-state index contributed by atoms with van der Waals surface area (Å²) >= 11 is 0. The van der Waals surface area contributed by atoms with E-state index in [9.17, 15) is 0 Å². The number of rotatable bonds is 2. The quantitative estimate of drug-likeness (QED) is 0.533. The zero-order chi connectivity index (χ0) is 6.69. The van der Waals surface area contributed by atoms with Gasteiger partial charge < -0.3 is 0 Å². The maximum Gasteiger partial charge on any atom is -0.0412 e. The van der Waals surface area contributed by atoms with Gasteiger partial charge in [0, 0.05) is 0 Å². The van der Waals surface area contributed by atoms with E-state index in [1.54, 1.807) is 0 Å². The molecule has 0 aromatic carbocycles. The van der Waals surface area contributed by atoms with Crippen molar-refractivity contribution in [1.29, 1.82) is 0 Å². The van der Waals surface area contributed by atoms with Gasteiger partial charge >= 0.3 is 0 Å². The largest absolute Gasteiger partial charge is 0.0654 e. The summed E-state index contributed by atoms with van der Waals surface area (Å²) in [6.45, 7) is 4.68. The van der Waals surface area contributed by atoms with Crippen LogP contribution in [0.15, 0.2) is 0 Å². The molecule has 0 aromatic heterocycles. The van der Waals surface area contributed by atoms with Crippen LogP contribution in [0.5, 0.6) is 0 Å². The second kappa shape index (κ2) is 3.24. The van der Waals surface area contributed by atoms with Gasteiger partial charge in [0.25, 0.3) is 0 Å². The van der Waals surface area contributed by atoms with E-state index in [0.29, 0.717) is 0 Å². The highest BCUT2D eigenvalue weighted by Gasteiger charge is 2.19. The van der Waals surface area contributed by atoms with E-state index in [-0.39, 0.29) is 0 Å². The SMILES string of the molecule is CCC[C@H]1CC[C@H](C)C1. The van der Waals surface area contributed by atoms with Crippen molar-refractivity contribution in [1.82, 2.24) is 0 Å². The van der Waals surface area contributed by atoms with Crippen molar-refractivity contribution in [3.05, 3.63) is 0 Å².